The predicted molar refractivity (Wildman–Crippen MR) is 147 cm³/mol. The molecule has 10 nitrogen and oxygen atoms in total. The molecule has 0 unspecified atom stereocenters. The number of benzene rings is 3. The second-order valence-corrected chi connectivity index (χ2v) is 9.16. The molecule has 0 bridgehead atoms. The molecule has 39 heavy (non-hydrogen) atoms. The molecule has 0 atom stereocenters. The molecule has 11 heteroatoms. The quantitative estimate of drug-likeness (QED) is 0.283. The maximum Gasteiger partial charge on any atom is 0.355 e. The first-order valence-corrected chi connectivity index (χ1v) is 12.5. The number of rotatable bonds is 9. The van der Waals surface area contributed by atoms with Crippen LogP contribution in [-0.4, -0.2) is 44.9 Å². The first-order valence-electron chi connectivity index (χ1n) is 12.5. The van der Waals surface area contributed by atoms with Crippen LogP contribution in [0.15, 0.2) is 82.4 Å². The van der Waals surface area contributed by atoms with Gasteiger partial charge in [-0.25, -0.2) is 23.9 Å². The lowest BCUT2D eigenvalue weighted by Crippen LogP contribution is -2.44. The molecule has 1 aliphatic rings. The zero-order valence-corrected chi connectivity index (χ0v) is 21.4. The fourth-order valence-corrected chi connectivity index (χ4v) is 4.42. The molecular weight excluding hydrogens is 501 g/mol. The van der Waals surface area contributed by atoms with Gasteiger partial charge >= 0.3 is 17.3 Å². The highest BCUT2D eigenvalue weighted by Crippen LogP contribution is 2.19. The third-order valence-electron chi connectivity index (χ3n) is 6.55. The average molecular weight is 531 g/mol. The summed E-state index contributed by atoms with van der Waals surface area (Å²) in [6, 6.07) is 20.9. The molecule has 0 saturated carbocycles. The molecule has 200 valence electrons. The Morgan fingerprint density at radius 2 is 1.67 bits per heavy atom. The Morgan fingerprint density at radius 1 is 1.00 bits per heavy atom. The van der Waals surface area contributed by atoms with E-state index in [4.69, 9.17) is 10.5 Å². The van der Waals surface area contributed by atoms with Gasteiger partial charge in [0.1, 0.15) is 17.3 Å². The fourth-order valence-electron chi connectivity index (χ4n) is 4.42. The van der Waals surface area contributed by atoms with E-state index in [1.54, 1.807) is 19.2 Å². The molecule has 0 spiro atoms. The number of guanidine groups is 1. The van der Waals surface area contributed by atoms with Crippen LogP contribution in [0.5, 0.6) is 5.75 Å². The second-order valence-electron chi connectivity index (χ2n) is 9.16. The Labute approximate surface area is 223 Å². The van der Waals surface area contributed by atoms with Crippen LogP contribution in [0.2, 0.25) is 0 Å². The van der Waals surface area contributed by atoms with Crippen molar-refractivity contribution in [2.45, 2.75) is 19.6 Å². The van der Waals surface area contributed by atoms with Gasteiger partial charge in [-0.2, -0.15) is 4.98 Å². The first kappa shape index (κ1) is 25.7. The van der Waals surface area contributed by atoms with E-state index in [9.17, 15) is 14.0 Å². The minimum absolute atomic E-state index is 0.0296. The number of methoxy groups -OCH3 is 1. The molecule has 1 aliphatic heterocycles. The summed E-state index contributed by atoms with van der Waals surface area (Å²) in [5.74, 6) is 0.967. The van der Waals surface area contributed by atoms with E-state index in [2.05, 4.69) is 15.6 Å². The number of fused-ring (bicyclic) bond motifs is 1. The molecule has 0 aliphatic carbocycles. The molecule has 0 radical (unpaired) electrons. The van der Waals surface area contributed by atoms with Gasteiger partial charge in [0.25, 0.3) is 0 Å². The van der Waals surface area contributed by atoms with Crippen molar-refractivity contribution >= 4 is 17.6 Å². The van der Waals surface area contributed by atoms with E-state index < -0.39 is 17.2 Å². The SMILES string of the molecule is COc1ccc(Cn2c(NCC[N+]3=C(N)Nc4ccccc4C3)nc(=O)n(Cc3ccc(F)cc3)c2=O)cc1. The summed E-state index contributed by atoms with van der Waals surface area (Å²) < 4.78 is 23.0. The van der Waals surface area contributed by atoms with Crippen molar-refractivity contribution in [1.29, 1.82) is 0 Å². The van der Waals surface area contributed by atoms with Gasteiger partial charge in [-0.15, -0.1) is 0 Å². The Bertz CT molecular complexity index is 1630. The van der Waals surface area contributed by atoms with Crippen molar-refractivity contribution in [2.24, 2.45) is 5.73 Å². The smallest absolute Gasteiger partial charge is 0.355 e. The fraction of sp³-hybridized carbons (Fsp3) is 0.214. The Balaban J connectivity index is 1.41. The number of hydrogen-bond donors (Lipinski definition) is 3. The average Bonchev–Trinajstić information content (AvgIpc) is 2.94. The molecule has 0 fully saturated rings. The van der Waals surface area contributed by atoms with Crippen molar-refractivity contribution in [3.05, 3.63) is 116 Å². The summed E-state index contributed by atoms with van der Waals surface area (Å²) in [6.45, 7) is 1.65. The number of anilines is 2. The molecule has 3 aromatic carbocycles. The highest BCUT2D eigenvalue weighted by atomic mass is 19.1. The van der Waals surface area contributed by atoms with Crippen LogP contribution in [0.3, 0.4) is 0 Å². The van der Waals surface area contributed by atoms with Gasteiger partial charge < -0.3 is 10.1 Å². The Hall–Kier alpha value is -4.93. The zero-order valence-electron chi connectivity index (χ0n) is 21.4. The summed E-state index contributed by atoms with van der Waals surface area (Å²) in [5, 5.41) is 6.35. The zero-order chi connectivity index (χ0) is 27.4. The lowest BCUT2D eigenvalue weighted by Gasteiger charge is -2.20. The number of ether oxygens (including phenoxy) is 1. The first-order chi connectivity index (χ1) is 18.9. The highest BCUT2D eigenvalue weighted by molar-refractivity contribution is 5.90. The van der Waals surface area contributed by atoms with Crippen LogP contribution in [-0.2, 0) is 19.6 Å². The van der Waals surface area contributed by atoms with E-state index in [0.717, 1.165) is 21.4 Å². The maximum absolute atomic E-state index is 13.6. The lowest BCUT2D eigenvalue weighted by molar-refractivity contribution is -0.543. The van der Waals surface area contributed by atoms with Crippen molar-refractivity contribution in [1.82, 2.24) is 14.1 Å². The van der Waals surface area contributed by atoms with Crippen molar-refractivity contribution in [3.8, 4) is 5.75 Å². The molecule has 0 amide bonds. The molecular formula is C28H29FN7O3+. The van der Waals surface area contributed by atoms with Gasteiger partial charge in [-0.3, -0.25) is 14.9 Å². The summed E-state index contributed by atoms with van der Waals surface area (Å²) >= 11 is 0. The number of hydrogen-bond acceptors (Lipinski definition) is 7. The summed E-state index contributed by atoms with van der Waals surface area (Å²) in [4.78, 5) is 30.7. The van der Waals surface area contributed by atoms with E-state index in [-0.39, 0.29) is 19.0 Å². The van der Waals surface area contributed by atoms with Crippen LogP contribution < -0.4 is 32.5 Å². The minimum Gasteiger partial charge on any atom is -0.497 e. The van der Waals surface area contributed by atoms with Crippen molar-refractivity contribution in [2.75, 3.05) is 30.8 Å². The summed E-state index contributed by atoms with van der Waals surface area (Å²) in [6.07, 6.45) is 0. The van der Waals surface area contributed by atoms with Crippen LogP contribution in [0, 0.1) is 5.82 Å². The predicted octanol–water partition coefficient (Wildman–Crippen LogP) is 2.01. The number of halogens is 1. The van der Waals surface area contributed by atoms with Crippen LogP contribution >= 0.6 is 0 Å². The normalized spacial score (nSPS) is 12.6. The summed E-state index contributed by atoms with van der Waals surface area (Å²) in [5.41, 5.74) is 8.52. The van der Waals surface area contributed by atoms with Gasteiger partial charge in [-0.1, -0.05) is 42.5 Å². The van der Waals surface area contributed by atoms with Gasteiger partial charge in [0.15, 0.2) is 0 Å². The highest BCUT2D eigenvalue weighted by Gasteiger charge is 2.20. The molecule has 1 aromatic heterocycles. The van der Waals surface area contributed by atoms with E-state index in [0.29, 0.717) is 36.9 Å². The third kappa shape index (κ3) is 5.82. The van der Waals surface area contributed by atoms with E-state index >= 15 is 0 Å². The third-order valence-corrected chi connectivity index (χ3v) is 6.55. The van der Waals surface area contributed by atoms with E-state index in [1.165, 1.54) is 28.8 Å². The number of para-hydroxylation sites is 1. The molecule has 0 saturated heterocycles. The van der Waals surface area contributed by atoms with Crippen LogP contribution in [0.1, 0.15) is 16.7 Å². The topological polar surface area (TPSA) is 119 Å². The minimum atomic E-state index is -0.697. The second kappa shape index (κ2) is 11.2. The molecule has 2 heterocycles. The maximum atomic E-state index is 13.6. The van der Waals surface area contributed by atoms with Gasteiger partial charge in [0, 0.05) is 12.1 Å². The monoisotopic (exact) mass is 530 g/mol. The standard InChI is InChI=1S/C28H28FN7O3/c1-39-23-12-8-20(9-13-23)16-35-26(31-14-15-34-18-21-4-2-3-5-24(21)32-25(34)30)33-27(37)36(28(35)38)17-19-6-10-22(29)11-7-19/h2-13H,14-18H2,1H3,(H3,30,31,32,33,37)/p+1. The van der Waals surface area contributed by atoms with Gasteiger partial charge in [0.2, 0.25) is 5.95 Å². The van der Waals surface area contributed by atoms with Crippen molar-refractivity contribution in [3.63, 3.8) is 0 Å². The largest absolute Gasteiger partial charge is 0.497 e. The van der Waals surface area contributed by atoms with Crippen LogP contribution in [0.25, 0.3) is 0 Å². The molecule has 4 N–H and O–H groups in total. The number of nitrogens with one attached hydrogen (secondary N) is 2. The summed E-state index contributed by atoms with van der Waals surface area (Å²) in [7, 11) is 1.58. The number of aromatic nitrogens is 3. The van der Waals surface area contributed by atoms with Crippen molar-refractivity contribution < 1.29 is 13.7 Å². The Morgan fingerprint density at radius 3 is 2.38 bits per heavy atom. The lowest BCUT2D eigenvalue weighted by atomic mass is 10.1. The molecule has 4 aromatic rings. The Kier molecular flexibility index (Phi) is 7.39. The van der Waals surface area contributed by atoms with Gasteiger partial charge in [-0.05, 0) is 41.5 Å². The number of nitrogens with two attached hydrogens (primary N) is 1. The van der Waals surface area contributed by atoms with E-state index in [1.807, 2.05) is 41.0 Å². The van der Waals surface area contributed by atoms with Crippen LogP contribution in [0.4, 0.5) is 16.0 Å². The number of nitrogens with zero attached hydrogens (tertiary/aromatic N) is 4. The van der Waals surface area contributed by atoms with Gasteiger partial charge in [0.05, 0.1) is 33.3 Å². The molecule has 5 rings (SSSR count).